The van der Waals surface area contributed by atoms with Crippen LogP contribution in [0.3, 0.4) is 0 Å². The number of aromatic nitrogens is 1. The number of hydrogen-bond donors (Lipinski definition) is 2. The molecule has 0 unspecified atom stereocenters. The summed E-state index contributed by atoms with van der Waals surface area (Å²) in [5, 5.41) is 11.6. The number of amides is 2. The molecule has 0 fully saturated rings. The van der Waals surface area contributed by atoms with Crippen molar-refractivity contribution in [2.45, 2.75) is 0 Å². The van der Waals surface area contributed by atoms with Gasteiger partial charge in [-0.2, -0.15) is 5.26 Å². The van der Waals surface area contributed by atoms with Crippen molar-refractivity contribution in [2.75, 3.05) is 5.32 Å². The monoisotopic (exact) mass is 342 g/mol. The minimum atomic E-state index is -0.595. The highest BCUT2D eigenvalue weighted by atomic mass is 16.2. The van der Waals surface area contributed by atoms with E-state index in [1.54, 1.807) is 24.3 Å². The number of pyridine rings is 1. The number of primary amides is 1. The average molecular weight is 342 g/mol. The van der Waals surface area contributed by atoms with Crippen LogP contribution in [0.2, 0.25) is 0 Å². The molecule has 0 saturated heterocycles. The molecule has 6 heteroatoms. The lowest BCUT2D eigenvalue weighted by Crippen LogP contribution is -2.15. The topological polar surface area (TPSA) is 109 Å². The van der Waals surface area contributed by atoms with Crippen molar-refractivity contribution in [1.29, 1.82) is 5.26 Å². The molecular weight excluding hydrogens is 328 g/mol. The highest BCUT2D eigenvalue weighted by molar-refractivity contribution is 6.03. The van der Waals surface area contributed by atoms with E-state index in [2.05, 4.69) is 16.4 Å². The normalized spacial score (nSPS) is 9.96. The number of benzene rings is 2. The Hall–Kier alpha value is -3.98. The molecule has 0 aliphatic rings. The summed E-state index contributed by atoms with van der Waals surface area (Å²) in [5.74, 6) is -0.977. The van der Waals surface area contributed by atoms with E-state index in [0.717, 1.165) is 11.1 Å². The number of carbonyl (C=O) groups is 2. The van der Waals surface area contributed by atoms with Crippen molar-refractivity contribution in [3.63, 3.8) is 0 Å². The molecule has 26 heavy (non-hydrogen) atoms. The molecule has 0 bridgehead atoms. The minimum absolute atomic E-state index is 0.186. The fourth-order valence-electron chi connectivity index (χ4n) is 2.35. The van der Waals surface area contributed by atoms with Crippen LogP contribution in [-0.4, -0.2) is 16.8 Å². The van der Waals surface area contributed by atoms with Gasteiger partial charge >= 0.3 is 0 Å². The third-order valence-electron chi connectivity index (χ3n) is 3.77. The lowest BCUT2D eigenvalue weighted by Gasteiger charge is -2.07. The number of nitrogens with zero attached hydrogens (tertiary/aromatic N) is 2. The van der Waals surface area contributed by atoms with Crippen LogP contribution in [0.1, 0.15) is 26.4 Å². The summed E-state index contributed by atoms with van der Waals surface area (Å²) >= 11 is 0. The number of hydrogen-bond acceptors (Lipinski definition) is 4. The van der Waals surface area contributed by atoms with E-state index in [1.165, 1.54) is 18.3 Å². The van der Waals surface area contributed by atoms with Gasteiger partial charge in [-0.05, 0) is 47.5 Å². The molecule has 1 heterocycles. The molecule has 1 aromatic heterocycles. The van der Waals surface area contributed by atoms with Gasteiger partial charge in [0.25, 0.3) is 5.91 Å². The summed E-state index contributed by atoms with van der Waals surface area (Å²) in [7, 11) is 0. The van der Waals surface area contributed by atoms with Crippen molar-refractivity contribution >= 4 is 17.5 Å². The third kappa shape index (κ3) is 3.74. The summed E-state index contributed by atoms with van der Waals surface area (Å²) in [6.07, 6.45) is 1.27. The molecular formula is C20H14N4O2. The first-order valence-electron chi connectivity index (χ1n) is 7.74. The number of nitriles is 1. The van der Waals surface area contributed by atoms with Gasteiger partial charge in [-0.25, -0.2) is 0 Å². The Morgan fingerprint density at radius 3 is 2.04 bits per heavy atom. The largest absolute Gasteiger partial charge is 0.366 e. The molecule has 3 N–H and O–H groups in total. The predicted octanol–water partition coefficient (Wildman–Crippen LogP) is 2.97. The first-order chi connectivity index (χ1) is 12.6. The Balaban J connectivity index is 1.71. The molecule has 0 saturated carbocycles. The molecule has 0 aliphatic heterocycles. The predicted molar refractivity (Wildman–Crippen MR) is 97.3 cm³/mol. The van der Waals surface area contributed by atoms with E-state index < -0.39 is 5.91 Å². The van der Waals surface area contributed by atoms with Crippen LogP contribution < -0.4 is 11.1 Å². The number of nitrogens with one attached hydrogen (secondary N) is 1. The Morgan fingerprint density at radius 2 is 1.54 bits per heavy atom. The maximum Gasteiger partial charge on any atom is 0.274 e. The maximum absolute atomic E-state index is 12.2. The van der Waals surface area contributed by atoms with Gasteiger partial charge in [-0.15, -0.1) is 0 Å². The van der Waals surface area contributed by atoms with Crippen LogP contribution in [0.15, 0.2) is 66.9 Å². The molecule has 3 aromatic rings. The van der Waals surface area contributed by atoms with Gasteiger partial charge in [0.2, 0.25) is 5.91 Å². The number of rotatable bonds is 4. The first kappa shape index (κ1) is 16.9. The van der Waals surface area contributed by atoms with Crippen LogP contribution >= 0.6 is 0 Å². The van der Waals surface area contributed by atoms with Crippen LogP contribution in [-0.2, 0) is 0 Å². The van der Waals surface area contributed by atoms with Crippen LogP contribution in [0, 0.1) is 11.3 Å². The van der Waals surface area contributed by atoms with Gasteiger partial charge < -0.3 is 11.1 Å². The lowest BCUT2D eigenvalue weighted by molar-refractivity contribution is 0.0993. The number of carbonyl (C=O) groups excluding carboxylic acids is 2. The maximum atomic E-state index is 12.2. The molecule has 0 atom stereocenters. The molecule has 0 radical (unpaired) electrons. The fourth-order valence-corrected chi connectivity index (χ4v) is 2.35. The van der Waals surface area contributed by atoms with Crippen molar-refractivity contribution in [3.8, 4) is 17.2 Å². The van der Waals surface area contributed by atoms with E-state index in [-0.39, 0.29) is 17.2 Å². The smallest absolute Gasteiger partial charge is 0.274 e. The summed E-state index contributed by atoms with van der Waals surface area (Å²) < 4.78 is 0. The van der Waals surface area contributed by atoms with Gasteiger partial charge in [-0.1, -0.05) is 24.3 Å². The van der Waals surface area contributed by atoms with E-state index in [4.69, 9.17) is 11.0 Å². The summed E-state index contributed by atoms with van der Waals surface area (Å²) in [5.41, 5.74) is 8.75. The summed E-state index contributed by atoms with van der Waals surface area (Å²) in [6, 6.07) is 19.6. The van der Waals surface area contributed by atoms with E-state index in [0.29, 0.717) is 11.3 Å². The Bertz CT molecular complexity index is 986. The van der Waals surface area contributed by atoms with E-state index in [1.807, 2.05) is 24.3 Å². The van der Waals surface area contributed by atoms with Gasteiger partial charge in [-0.3, -0.25) is 14.6 Å². The van der Waals surface area contributed by atoms with E-state index >= 15 is 0 Å². The van der Waals surface area contributed by atoms with Crippen LogP contribution in [0.5, 0.6) is 0 Å². The zero-order valence-corrected chi connectivity index (χ0v) is 13.6. The second-order valence-corrected chi connectivity index (χ2v) is 5.52. The summed E-state index contributed by atoms with van der Waals surface area (Å²) in [6.45, 7) is 0. The molecule has 0 spiro atoms. The van der Waals surface area contributed by atoms with Crippen molar-refractivity contribution in [1.82, 2.24) is 4.98 Å². The summed E-state index contributed by atoms with van der Waals surface area (Å²) in [4.78, 5) is 27.2. The molecule has 126 valence electrons. The quantitative estimate of drug-likeness (QED) is 0.759. The molecule has 0 aliphatic carbocycles. The highest BCUT2D eigenvalue weighted by Crippen LogP contribution is 2.22. The van der Waals surface area contributed by atoms with Gasteiger partial charge in [0, 0.05) is 11.9 Å². The Kier molecular flexibility index (Phi) is 4.72. The van der Waals surface area contributed by atoms with Gasteiger partial charge in [0.05, 0.1) is 17.2 Å². The van der Waals surface area contributed by atoms with Crippen molar-refractivity contribution in [2.24, 2.45) is 5.73 Å². The Labute approximate surface area is 149 Å². The number of anilines is 1. The standard InChI is InChI=1S/C20H14N4O2/c21-11-13-1-3-14(4-2-13)15-5-8-17(9-6-15)24-20(26)18-10-7-16(12-23-18)19(22)25/h1-10,12H,(H2,22,25)(H,24,26). The molecule has 6 nitrogen and oxygen atoms in total. The second-order valence-electron chi connectivity index (χ2n) is 5.52. The Morgan fingerprint density at radius 1 is 0.923 bits per heavy atom. The van der Waals surface area contributed by atoms with Crippen LogP contribution in [0.25, 0.3) is 11.1 Å². The highest BCUT2D eigenvalue weighted by Gasteiger charge is 2.09. The van der Waals surface area contributed by atoms with Gasteiger partial charge in [0.15, 0.2) is 0 Å². The van der Waals surface area contributed by atoms with Crippen molar-refractivity contribution < 1.29 is 9.59 Å². The van der Waals surface area contributed by atoms with Crippen molar-refractivity contribution in [3.05, 3.63) is 83.7 Å². The fraction of sp³-hybridized carbons (Fsp3) is 0. The van der Waals surface area contributed by atoms with Gasteiger partial charge in [0.1, 0.15) is 5.69 Å². The van der Waals surface area contributed by atoms with Crippen LogP contribution in [0.4, 0.5) is 5.69 Å². The minimum Gasteiger partial charge on any atom is -0.366 e. The first-order valence-corrected chi connectivity index (χ1v) is 7.74. The average Bonchev–Trinajstić information content (AvgIpc) is 2.68. The molecule has 2 aromatic carbocycles. The number of nitrogens with two attached hydrogens (primary N) is 1. The zero-order valence-electron chi connectivity index (χ0n) is 13.6. The third-order valence-corrected chi connectivity index (χ3v) is 3.77. The molecule has 3 rings (SSSR count). The molecule has 2 amide bonds. The zero-order chi connectivity index (χ0) is 18.5. The second kappa shape index (κ2) is 7.28. The SMILES string of the molecule is N#Cc1ccc(-c2ccc(NC(=O)c3ccc(C(N)=O)cn3)cc2)cc1. The lowest BCUT2D eigenvalue weighted by atomic mass is 10.0. The van der Waals surface area contributed by atoms with E-state index in [9.17, 15) is 9.59 Å².